The average Bonchev–Trinajstić information content (AvgIpc) is 2.64. The Kier molecular flexibility index (Phi) is 5.56. The summed E-state index contributed by atoms with van der Waals surface area (Å²) in [5, 5.41) is 3.01. The van der Waals surface area contributed by atoms with Gasteiger partial charge in [-0.15, -0.1) is 0 Å². The summed E-state index contributed by atoms with van der Waals surface area (Å²) in [6, 6.07) is 11.7. The number of benzene rings is 2. The summed E-state index contributed by atoms with van der Waals surface area (Å²) in [4.78, 5) is 12.3. The topological polar surface area (TPSA) is 47.6 Å². The van der Waals surface area contributed by atoms with Crippen LogP contribution in [0.15, 0.2) is 48.5 Å². The van der Waals surface area contributed by atoms with Gasteiger partial charge in [0.25, 0.3) is 0 Å². The number of hydrogen-bond acceptors (Lipinski definition) is 3. The number of amides is 1. The molecule has 1 heterocycles. The van der Waals surface area contributed by atoms with Crippen LogP contribution in [0.2, 0.25) is 0 Å². The van der Waals surface area contributed by atoms with Gasteiger partial charge in [-0.1, -0.05) is 32.0 Å². The van der Waals surface area contributed by atoms with Crippen molar-refractivity contribution in [3.05, 3.63) is 65.5 Å². The van der Waals surface area contributed by atoms with E-state index in [2.05, 4.69) is 5.32 Å². The monoisotopic (exact) mass is 355 g/mol. The first kappa shape index (κ1) is 18.0. The van der Waals surface area contributed by atoms with Crippen molar-refractivity contribution in [3.63, 3.8) is 0 Å². The lowest BCUT2D eigenvalue weighted by Gasteiger charge is -2.25. The number of nitrogens with one attached hydrogen (secondary N) is 1. The van der Waals surface area contributed by atoms with Crippen molar-refractivity contribution < 1.29 is 18.7 Å². The molecular formula is C21H22FNO3. The molecule has 1 aliphatic heterocycles. The Morgan fingerprint density at radius 1 is 1.12 bits per heavy atom. The van der Waals surface area contributed by atoms with Gasteiger partial charge in [-0.25, -0.2) is 4.39 Å². The molecule has 0 aromatic heterocycles. The highest BCUT2D eigenvalue weighted by molar-refractivity contribution is 5.92. The van der Waals surface area contributed by atoms with Gasteiger partial charge in [0.2, 0.25) is 5.91 Å². The Morgan fingerprint density at radius 2 is 1.88 bits per heavy atom. The third kappa shape index (κ3) is 4.42. The lowest BCUT2D eigenvalue weighted by molar-refractivity contribution is -0.117. The van der Waals surface area contributed by atoms with E-state index in [1.165, 1.54) is 18.2 Å². The first-order valence-corrected chi connectivity index (χ1v) is 8.66. The molecule has 0 bridgehead atoms. The fourth-order valence-corrected chi connectivity index (χ4v) is 2.87. The predicted octanol–water partition coefficient (Wildman–Crippen LogP) is 4.12. The third-order valence-electron chi connectivity index (χ3n) is 4.17. The summed E-state index contributed by atoms with van der Waals surface area (Å²) in [6.45, 7) is 5.14. The molecule has 0 saturated carbocycles. The molecule has 0 spiro atoms. The molecule has 3 rings (SSSR count). The summed E-state index contributed by atoms with van der Waals surface area (Å²) >= 11 is 0. The quantitative estimate of drug-likeness (QED) is 0.821. The van der Waals surface area contributed by atoms with Crippen LogP contribution in [-0.2, 0) is 4.79 Å². The summed E-state index contributed by atoms with van der Waals surface area (Å²) in [5.41, 5.74) is 1.59. The molecule has 0 radical (unpaired) electrons. The zero-order valence-corrected chi connectivity index (χ0v) is 14.9. The van der Waals surface area contributed by atoms with Crippen molar-refractivity contribution >= 4 is 12.0 Å². The minimum absolute atomic E-state index is 0.171. The molecule has 0 unspecified atom stereocenters. The van der Waals surface area contributed by atoms with Crippen molar-refractivity contribution in [3.8, 4) is 11.5 Å². The van der Waals surface area contributed by atoms with Gasteiger partial charge in [-0.2, -0.15) is 0 Å². The Bertz CT molecular complexity index is 817. The highest BCUT2D eigenvalue weighted by Gasteiger charge is 2.20. The normalized spacial score (nSPS) is 14.5. The highest BCUT2D eigenvalue weighted by Crippen LogP contribution is 2.34. The van der Waals surface area contributed by atoms with E-state index in [0.717, 1.165) is 11.3 Å². The van der Waals surface area contributed by atoms with Gasteiger partial charge in [0.15, 0.2) is 11.5 Å². The number of fused-ring (bicyclic) bond motifs is 1. The Balaban J connectivity index is 1.73. The van der Waals surface area contributed by atoms with Crippen LogP contribution in [0, 0.1) is 11.7 Å². The van der Waals surface area contributed by atoms with Crippen molar-refractivity contribution in [1.29, 1.82) is 0 Å². The zero-order valence-electron chi connectivity index (χ0n) is 14.9. The molecule has 0 fully saturated rings. The van der Waals surface area contributed by atoms with Gasteiger partial charge in [0, 0.05) is 6.08 Å². The smallest absolute Gasteiger partial charge is 0.244 e. The van der Waals surface area contributed by atoms with Crippen LogP contribution < -0.4 is 14.8 Å². The summed E-state index contributed by atoms with van der Waals surface area (Å²) in [6.07, 6.45) is 3.02. The van der Waals surface area contributed by atoms with Gasteiger partial charge in [0.1, 0.15) is 19.0 Å². The van der Waals surface area contributed by atoms with Crippen LogP contribution in [0.1, 0.15) is 31.0 Å². The molecule has 1 N–H and O–H groups in total. The Labute approximate surface area is 152 Å². The van der Waals surface area contributed by atoms with Gasteiger partial charge < -0.3 is 14.8 Å². The number of carbonyl (C=O) groups excluding carboxylic acids is 1. The van der Waals surface area contributed by atoms with Gasteiger partial charge >= 0.3 is 0 Å². The lowest BCUT2D eigenvalue weighted by atomic mass is 9.95. The zero-order chi connectivity index (χ0) is 18.5. The van der Waals surface area contributed by atoms with Crippen molar-refractivity contribution in [2.75, 3.05) is 13.2 Å². The van der Waals surface area contributed by atoms with E-state index in [0.29, 0.717) is 24.5 Å². The van der Waals surface area contributed by atoms with Crippen molar-refractivity contribution in [2.24, 2.45) is 5.92 Å². The van der Waals surface area contributed by atoms with E-state index in [4.69, 9.17) is 9.47 Å². The van der Waals surface area contributed by atoms with Crippen molar-refractivity contribution in [2.45, 2.75) is 19.9 Å². The molecule has 5 heteroatoms. The van der Waals surface area contributed by atoms with Gasteiger partial charge in [-0.3, -0.25) is 4.79 Å². The second kappa shape index (κ2) is 8.04. The van der Waals surface area contributed by atoms with Crippen LogP contribution in [0.4, 0.5) is 4.39 Å². The largest absolute Gasteiger partial charge is 0.486 e. The number of ether oxygens (including phenoxy) is 2. The van der Waals surface area contributed by atoms with E-state index >= 15 is 0 Å². The van der Waals surface area contributed by atoms with Crippen LogP contribution in [0.5, 0.6) is 11.5 Å². The minimum atomic E-state index is -0.330. The predicted molar refractivity (Wildman–Crippen MR) is 98.6 cm³/mol. The van der Waals surface area contributed by atoms with Crippen LogP contribution in [-0.4, -0.2) is 19.1 Å². The fourth-order valence-electron chi connectivity index (χ4n) is 2.87. The second-order valence-corrected chi connectivity index (χ2v) is 6.52. The lowest BCUT2D eigenvalue weighted by Crippen LogP contribution is -2.30. The fraction of sp³-hybridized carbons (Fsp3) is 0.286. The van der Waals surface area contributed by atoms with Crippen LogP contribution in [0.3, 0.4) is 0 Å². The minimum Gasteiger partial charge on any atom is -0.486 e. The molecule has 1 aliphatic rings. The molecule has 4 nitrogen and oxygen atoms in total. The van der Waals surface area contributed by atoms with Crippen LogP contribution in [0.25, 0.3) is 6.08 Å². The van der Waals surface area contributed by atoms with E-state index in [-0.39, 0.29) is 23.7 Å². The molecule has 2 aromatic carbocycles. The average molecular weight is 355 g/mol. The number of rotatable bonds is 5. The Hall–Kier alpha value is -2.82. The van der Waals surface area contributed by atoms with Gasteiger partial charge in [0.05, 0.1) is 6.04 Å². The molecule has 0 aliphatic carbocycles. The molecule has 0 saturated heterocycles. The molecule has 1 atom stereocenters. The van der Waals surface area contributed by atoms with E-state index in [9.17, 15) is 9.18 Å². The maximum absolute atomic E-state index is 13.2. The molecule has 2 aromatic rings. The standard InChI is InChI=1S/C21H22FNO3/c1-14(2)21(16-7-8-18-19(13-16)26-11-10-25-18)23-20(24)9-6-15-4-3-5-17(22)12-15/h3-9,12-14,21H,10-11H2,1-2H3,(H,23,24)/b9-6+/t21-/m0/s1. The second-order valence-electron chi connectivity index (χ2n) is 6.52. The molecule has 136 valence electrons. The Morgan fingerprint density at radius 3 is 2.62 bits per heavy atom. The van der Waals surface area contributed by atoms with E-state index in [1.54, 1.807) is 18.2 Å². The molecule has 26 heavy (non-hydrogen) atoms. The first-order chi connectivity index (χ1) is 12.5. The third-order valence-corrected chi connectivity index (χ3v) is 4.17. The van der Waals surface area contributed by atoms with E-state index in [1.807, 2.05) is 32.0 Å². The number of hydrogen-bond donors (Lipinski definition) is 1. The summed E-state index contributed by atoms with van der Waals surface area (Å²) < 4.78 is 24.4. The maximum atomic E-state index is 13.2. The summed E-state index contributed by atoms with van der Waals surface area (Å²) in [7, 11) is 0. The number of carbonyl (C=O) groups is 1. The van der Waals surface area contributed by atoms with Gasteiger partial charge in [-0.05, 0) is 47.4 Å². The van der Waals surface area contributed by atoms with Crippen molar-refractivity contribution in [1.82, 2.24) is 5.32 Å². The maximum Gasteiger partial charge on any atom is 0.244 e. The molecular weight excluding hydrogens is 333 g/mol. The summed E-state index contributed by atoms with van der Waals surface area (Å²) in [5.74, 6) is 1.04. The first-order valence-electron chi connectivity index (χ1n) is 8.66. The SMILES string of the molecule is CC(C)[C@H](NC(=O)/C=C/c1cccc(F)c1)c1ccc2c(c1)OCCO2. The number of halogens is 1. The van der Waals surface area contributed by atoms with Crippen LogP contribution >= 0.6 is 0 Å². The molecule has 1 amide bonds. The van der Waals surface area contributed by atoms with E-state index < -0.39 is 0 Å². The highest BCUT2D eigenvalue weighted by atomic mass is 19.1.